The third kappa shape index (κ3) is 6.75. The highest BCUT2D eigenvalue weighted by atomic mass is 32.2. The number of hydrogen-bond acceptors (Lipinski definition) is 8. The van der Waals surface area contributed by atoms with Crippen molar-refractivity contribution in [2.24, 2.45) is 0 Å². The van der Waals surface area contributed by atoms with E-state index in [-0.39, 0.29) is 35.3 Å². The average Bonchev–Trinajstić information content (AvgIpc) is 3.00. The summed E-state index contributed by atoms with van der Waals surface area (Å²) in [5.41, 5.74) is 1.70. The third-order valence-corrected chi connectivity index (χ3v) is 6.70. The highest BCUT2D eigenvalue weighted by molar-refractivity contribution is 7.98. The van der Waals surface area contributed by atoms with Crippen LogP contribution in [0, 0.1) is 5.82 Å². The number of aryl methyl sites for hydroxylation is 1. The number of nitrogens with zero attached hydrogens (tertiary/aromatic N) is 1. The molecule has 10 heteroatoms. The molecule has 1 amide bonds. The number of esters is 2. The van der Waals surface area contributed by atoms with Crippen LogP contribution in [0.4, 0.5) is 4.39 Å². The Bertz CT molecular complexity index is 1110. The van der Waals surface area contributed by atoms with Crippen molar-refractivity contribution in [3.63, 3.8) is 0 Å². The van der Waals surface area contributed by atoms with E-state index in [1.54, 1.807) is 6.07 Å². The first-order chi connectivity index (χ1) is 17.2. The molecular formula is C26H31FN2O6S. The predicted molar refractivity (Wildman–Crippen MR) is 134 cm³/mol. The topological polar surface area (TPSA) is 104 Å². The van der Waals surface area contributed by atoms with Crippen LogP contribution >= 0.6 is 11.8 Å². The number of fused-ring (bicyclic) bond motifs is 1. The number of carbonyl (C=O) groups is 3. The normalized spacial score (nSPS) is 17.8. The van der Waals surface area contributed by atoms with Crippen LogP contribution in [0.2, 0.25) is 0 Å². The predicted octanol–water partition coefficient (Wildman–Crippen LogP) is 4.06. The van der Waals surface area contributed by atoms with E-state index < -0.39 is 30.0 Å². The minimum absolute atomic E-state index is 0.106. The monoisotopic (exact) mass is 518 g/mol. The lowest BCUT2D eigenvalue weighted by Crippen LogP contribution is -2.42. The van der Waals surface area contributed by atoms with Gasteiger partial charge in [-0.2, -0.15) is 11.8 Å². The molecule has 0 saturated heterocycles. The zero-order valence-electron chi connectivity index (χ0n) is 20.8. The summed E-state index contributed by atoms with van der Waals surface area (Å²) in [7, 11) is 1.39. The van der Waals surface area contributed by atoms with Gasteiger partial charge >= 0.3 is 11.9 Å². The number of thioether (sulfide) groups is 1. The van der Waals surface area contributed by atoms with E-state index >= 15 is 0 Å². The number of pyridine rings is 1. The molecule has 2 unspecified atom stereocenters. The van der Waals surface area contributed by atoms with Crippen molar-refractivity contribution in [3.8, 4) is 11.5 Å². The van der Waals surface area contributed by atoms with Gasteiger partial charge < -0.3 is 19.5 Å². The van der Waals surface area contributed by atoms with Gasteiger partial charge in [-0.3, -0.25) is 9.59 Å². The Hall–Kier alpha value is -3.14. The molecule has 1 N–H and O–H groups in total. The van der Waals surface area contributed by atoms with Gasteiger partial charge in [0, 0.05) is 23.9 Å². The van der Waals surface area contributed by atoms with Crippen LogP contribution in [-0.2, 0) is 20.7 Å². The molecule has 1 aliphatic rings. The molecule has 1 heterocycles. The smallest absolute Gasteiger partial charge is 0.328 e. The maximum atomic E-state index is 13.7. The Morgan fingerprint density at radius 1 is 1.28 bits per heavy atom. The lowest BCUT2D eigenvalue weighted by atomic mass is 9.92. The Kier molecular flexibility index (Phi) is 9.69. The standard InChI is InChI=1S/C26H31FN2O6S/c1-15-19-9-8-18(27)14-17(19)6-5-7-20(15)34-26(32)16(2)29-25(31)23-24(21(33-3)10-12-28-23)35-22(30)11-13-36-4/h8-10,12,14-16,20H,5-7,11,13H2,1-4H3,(H,29,31)/t15?,16-,20?/m0/s1. The Labute approximate surface area is 214 Å². The van der Waals surface area contributed by atoms with E-state index in [9.17, 15) is 18.8 Å². The van der Waals surface area contributed by atoms with Crippen molar-refractivity contribution in [2.45, 2.75) is 57.6 Å². The summed E-state index contributed by atoms with van der Waals surface area (Å²) in [6.45, 7) is 3.45. The first kappa shape index (κ1) is 27.4. The van der Waals surface area contributed by atoms with Crippen molar-refractivity contribution in [1.29, 1.82) is 0 Å². The van der Waals surface area contributed by atoms with Crippen molar-refractivity contribution in [2.75, 3.05) is 19.1 Å². The Morgan fingerprint density at radius 2 is 2.06 bits per heavy atom. The maximum Gasteiger partial charge on any atom is 0.328 e. The first-order valence-corrected chi connectivity index (χ1v) is 13.2. The fourth-order valence-corrected chi connectivity index (χ4v) is 4.49. The molecular weight excluding hydrogens is 487 g/mol. The minimum atomic E-state index is -0.992. The number of halogens is 1. The second-order valence-electron chi connectivity index (χ2n) is 8.60. The second kappa shape index (κ2) is 12.7. The fraction of sp³-hybridized carbons (Fsp3) is 0.462. The summed E-state index contributed by atoms with van der Waals surface area (Å²) >= 11 is 1.49. The summed E-state index contributed by atoms with van der Waals surface area (Å²) in [5.74, 6) is -1.62. The van der Waals surface area contributed by atoms with Crippen molar-refractivity contribution in [1.82, 2.24) is 10.3 Å². The summed E-state index contributed by atoms with van der Waals surface area (Å²) < 4.78 is 30.1. The highest BCUT2D eigenvalue weighted by Gasteiger charge is 2.31. The zero-order valence-corrected chi connectivity index (χ0v) is 21.7. The molecule has 3 atom stereocenters. The molecule has 0 radical (unpaired) electrons. The highest BCUT2D eigenvalue weighted by Crippen LogP contribution is 2.33. The summed E-state index contributed by atoms with van der Waals surface area (Å²) in [5, 5.41) is 2.57. The van der Waals surface area contributed by atoms with Crippen LogP contribution in [0.25, 0.3) is 0 Å². The average molecular weight is 519 g/mol. The molecule has 1 aromatic heterocycles. The van der Waals surface area contributed by atoms with Crippen LogP contribution < -0.4 is 14.8 Å². The number of hydrogen-bond donors (Lipinski definition) is 1. The lowest BCUT2D eigenvalue weighted by molar-refractivity contribution is -0.152. The van der Waals surface area contributed by atoms with Crippen LogP contribution in [-0.4, -0.2) is 54.1 Å². The van der Waals surface area contributed by atoms with Crippen molar-refractivity contribution < 1.29 is 33.0 Å². The van der Waals surface area contributed by atoms with Crippen LogP contribution in [0.3, 0.4) is 0 Å². The number of aromatic nitrogens is 1. The fourth-order valence-electron chi connectivity index (χ4n) is 4.12. The van der Waals surface area contributed by atoms with E-state index in [2.05, 4.69) is 10.3 Å². The quantitative estimate of drug-likeness (QED) is 0.392. The van der Waals surface area contributed by atoms with Gasteiger partial charge in [-0.05, 0) is 55.7 Å². The van der Waals surface area contributed by atoms with Gasteiger partial charge in [0.2, 0.25) is 5.75 Å². The van der Waals surface area contributed by atoms with E-state index in [4.69, 9.17) is 14.2 Å². The Morgan fingerprint density at radius 3 is 2.78 bits per heavy atom. The van der Waals surface area contributed by atoms with Gasteiger partial charge in [-0.25, -0.2) is 14.2 Å². The van der Waals surface area contributed by atoms with Gasteiger partial charge in [-0.15, -0.1) is 0 Å². The number of benzene rings is 1. The van der Waals surface area contributed by atoms with Crippen LogP contribution in [0.5, 0.6) is 11.5 Å². The SMILES string of the molecule is COc1ccnc(C(=O)N[C@@H](C)C(=O)OC2CCCc3cc(F)ccc3C2C)c1OC(=O)CCSC. The van der Waals surface area contributed by atoms with Gasteiger partial charge in [-0.1, -0.05) is 13.0 Å². The molecule has 0 aliphatic heterocycles. The number of nitrogens with one attached hydrogen (secondary N) is 1. The Balaban J connectivity index is 1.69. The zero-order chi connectivity index (χ0) is 26.2. The molecule has 3 rings (SSSR count). The van der Waals surface area contributed by atoms with Crippen molar-refractivity contribution >= 4 is 29.6 Å². The number of rotatable bonds is 9. The van der Waals surface area contributed by atoms with E-state index in [1.165, 1.54) is 50.2 Å². The summed E-state index contributed by atoms with van der Waals surface area (Å²) in [6, 6.07) is 5.17. The summed E-state index contributed by atoms with van der Waals surface area (Å²) in [4.78, 5) is 42.1. The molecule has 0 saturated carbocycles. The molecule has 0 bridgehead atoms. The van der Waals surface area contributed by atoms with Gasteiger partial charge in [0.25, 0.3) is 5.91 Å². The van der Waals surface area contributed by atoms with E-state index in [1.807, 2.05) is 13.2 Å². The number of ether oxygens (including phenoxy) is 3. The molecule has 0 fully saturated rings. The minimum Gasteiger partial charge on any atom is -0.493 e. The van der Waals surface area contributed by atoms with Crippen LogP contribution in [0.1, 0.15) is 60.6 Å². The molecule has 8 nitrogen and oxygen atoms in total. The van der Waals surface area contributed by atoms with Crippen LogP contribution in [0.15, 0.2) is 30.5 Å². The maximum absolute atomic E-state index is 13.7. The first-order valence-electron chi connectivity index (χ1n) is 11.8. The molecule has 36 heavy (non-hydrogen) atoms. The second-order valence-corrected chi connectivity index (χ2v) is 9.59. The lowest BCUT2D eigenvalue weighted by Gasteiger charge is -2.25. The third-order valence-electron chi connectivity index (χ3n) is 6.09. The van der Waals surface area contributed by atoms with Gasteiger partial charge in [0.15, 0.2) is 11.4 Å². The molecule has 194 valence electrons. The number of amides is 1. The molecule has 0 spiro atoms. The molecule has 1 aliphatic carbocycles. The van der Waals surface area contributed by atoms with Crippen molar-refractivity contribution in [3.05, 3.63) is 53.1 Å². The largest absolute Gasteiger partial charge is 0.493 e. The number of carbonyl (C=O) groups excluding carboxylic acids is 3. The van der Waals surface area contributed by atoms with Gasteiger partial charge in [0.05, 0.1) is 13.5 Å². The van der Waals surface area contributed by atoms with Gasteiger partial charge in [0.1, 0.15) is 18.0 Å². The molecule has 2 aromatic rings. The van der Waals surface area contributed by atoms with E-state index in [0.717, 1.165) is 17.5 Å². The van der Waals surface area contributed by atoms with E-state index in [0.29, 0.717) is 18.6 Å². The molecule has 1 aromatic carbocycles. The summed E-state index contributed by atoms with van der Waals surface area (Å²) in [6.07, 6.45) is 5.03. The number of methoxy groups -OCH3 is 1.